The number of aromatic nitrogens is 6. The minimum absolute atomic E-state index is 0. The van der Waals surface area contributed by atoms with Crippen LogP contribution in [0.25, 0.3) is 33.1 Å². The van der Waals surface area contributed by atoms with E-state index in [0.29, 0.717) is 77.5 Å². The number of carbonyl (C=O) groups is 6. The third-order valence-corrected chi connectivity index (χ3v) is 25.1. The van der Waals surface area contributed by atoms with E-state index in [1.165, 1.54) is 192 Å². The fourth-order valence-corrected chi connectivity index (χ4v) is 20.5. The van der Waals surface area contributed by atoms with Crippen LogP contribution in [-0.2, 0) is 23.9 Å². The van der Waals surface area contributed by atoms with Gasteiger partial charge in [-0.05, 0) is 166 Å². The number of likely N-dealkylation sites (N-methyl/N-ethyl adjacent to an activating group) is 2. The largest absolute Gasteiger partial charge is 0.480 e. The van der Waals surface area contributed by atoms with Gasteiger partial charge in [0.1, 0.15) is 13.1 Å². The molecule has 3 saturated carbocycles. The first kappa shape index (κ1) is 98.9. The van der Waals surface area contributed by atoms with E-state index in [-0.39, 0.29) is 128 Å². The highest BCUT2D eigenvalue weighted by molar-refractivity contribution is 5.96. The summed E-state index contributed by atoms with van der Waals surface area (Å²) >= 11 is 0. The standard InChI is InChI=1S/C29H40N4O4.C27H36N4O4.C24H31N3O3.C4H9NO2.5CH4.2ClH/c1-3-37-26(34)19-31(2)28(35)27-29(36)33(25-14-10-9-13-24(25)30-27)23-17-21-15-16-22(18-23)32(21)20-11-7-5-4-6-8-12-20;1-29(17-24(32)33)26(34)25-27(35)31(23-12-8-7-11-22(23)28-25)21-15-19-13-14-20(16-21)30(19)18-9-5-3-2-4-6-10-18;28-23-22(24(29)30)25-20-10-6-7-11-21(20)27(23)19-14-17-12-13-18(15-19)26(17)16-8-4-2-1-3-5-9-16;1-2-7-4(6)3-5;;;;;;;/h9-10,13-14,20-23H,3-8,11-12,15-19H2,1-2H3;7-8,11-12,18-21H,2-6,9-10,13-17H2,1H3,(H,32,33);6-7,10-11,16-19H,1-5,8-9,12-15H2,(H,29,30);2-3,5H2,1H3;5*1H4;2*1H/t21-,22+,23?;19-,20+,21?;17-,18+,19?;;;;;;;;. The van der Waals surface area contributed by atoms with Gasteiger partial charge in [-0.2, -0.15) is 0 Å². The van der Waals surface area contributed by atoms with Crippen LogP contribution in [0.1, 0.15) is 312 Å². The van der Waals surface area contributed by atoms with Crippen molar-refractivity contribution in [2.75, 3.05) is 46.9 Å². The lowest BCUT2D eigenvalue weighted by Crippen LogP contribution is -2.50. The minimum Gasteiger partial charge on any atom is -0.480 e. The maximum atomic E-state index is 13.9. The number of amides is 2. The molecular formula is C89H138Cl2N12O13. The second kappa shape index (κ2) is 46.6. The van der Waals surface area contributed by atoms with E-state index in [0.717, 1.165) is 60.0 Å². The van der Waals surface area contributed by atoms with Crippen molar-refractivity contribution in [3.05, 3.63) is 121 Å². The number of fused-ring (bicyclic) bond motifs is 9. The Morgan fingerprint density at radius 2 is 0.638 bits per heavy atom. The lowest BCUT2D eigenvalue weighted by molar-refractivity contribution is -0.143. The molecular weight excluding hydrogens is 1520 g/mol. The topological polar surface area (TPSA) is 308 Å². The van der Waals surface area contributed by atoms with Crippen molar-refractivity contribution >= 4 is 93.6 Å². The van der Waals surface area contributed by atoms with Crippen LogP contribution in [-0.4, -0.2) is 200 Å². The number of ether oxygens (including phenoxy) is 2. The van der Waals surface area contributed by atoms with Gasteiger partial charge in [-0.1, -0.05) is 170 Å². The quantitative estimate of drug-likeness (QED) is 0.0758. The number of esters is 2. The second-order valence-corrected chi connectivity index (χ2v) is 32.1. The summed E-state index contributed by atoms with van der Waals surface area (Å²) < 4.78 is 14.8. The van der Waals surface area contributed by atoms with Crippen LogP contribution in [0.15, 0.2) is 87.2 Å². The summed E-state index contributed by atoms with van der Waals surface area (Å²) in [5, 5.41) is 18.6. The molecule has 0 radical (unpaired) electrons. The van der Waals surface area contributed by atoms with Crippen molar-refractivity contribution in [2.24, 2.45) is 5.73 Å². The van der Waals surface area contributed by atoms with Crippen LogP contribution in [0, 0.1) is 0 Å². The zero-order chi connectivity index (χ0) is 76.8. The molecule has 9 aliphatic rings. The number of hydrogen-bond acceptors (Lipinski definition) is 18. The maximum Gasteiger partial charge on any atom is 0.360 e. The van der Waals surface area contributed by atoms with Crippen molar-refractivity contribution in [1.29, 1.82) is 0 Å². The first-order valence-corrected chi connectivity index (χ1v) is 41.2. The smallest absolute Gasteiger partial charge is 0.360 e. The van der Waals surface area contributed by atoms with Crippen molar-refractivity contribution in [2.45, 2.75) is 335 Å². The average molecular weight is 1660 g/mol. The molecule has 0 spiro atoms. The van der Waals surface area contributed by atoms with E-state index >= 15 is 0 Å². The maximum absolute atomic E-state index is 13.9. The number of aromatic carboxylic acids is 1. The number of carboxylic acids is 2. The summed E-state index contributed by atoms with van der Waals surface area (Å²) in [5.41, 5.74) is 7.09. The highest BCUT2D eigenvalue weighted by atomic mass is 35.5. The Morgan fingerprint density at radius 3 is 0.905 bits per heavy atom. The first-order valence-electron chi connectivity index (χ1n) is 41.2. The highest BCUT2D eigenvalue weighted by Gasteiger charge is 2.48. The second-order valence-electron chi connectivity index (χ2n) is 32.1. The van der Waals surface area contributed by atoms with Crippen LogP contribution >= 0.6 is 24.8 Å². The molecule has 4 N–H and O–H groups in total. The Hall–Kier alpha value is -7.68. The number of nitrogens with zero attached hydrogens (tertiary/aromatic N) is 11. The summed E-state index contributed by atoms with van der Waals surface area (Å²) in [7, 11) is 2.90. The molecule has 6 aliphatic heterocycles. The molecule has 6 saturated heterocycles. The lowest BCUT2D eigenvalue weighted by atomic mass is 9.89. The predicted octanol–water partition coefficient (Wildman–Crippen LogP) is 16.1. The number of carbonyl (C=O) groups excluding carboxylic acids is 4. The monoisotopic (exact) mass is 1650 g/mol. The molecule has 6 aromatic rings. The molecule has 116 heavy (non-hydrogen) atoms. The highest BCUT2D eigenvalue weighted by Crippen LogP contribution is 2.48. The molecule has 2 amide bonds. The van der Waals surface area contributed by atoms with Gasteiger partial charge in [0.2, 0.25) is 5.69 Å². The molecule has 9 atom stereocenters. The van der Waals surface area contributed by atoms with Crippen molar-refractivity contribution in [3.63, 3.8) is 0 Å². The van der Waals surface area contributed by atoms with Crippen molar-refractivity contribution in [1.82, 2.24) is 53.2 Å². The van der Waals surface area contributed by atoms with E-state index in [1.807, 2.05) is 71.3 Å². The number of aliphatic carboxylic acids is 1. The third kappa shape index (κ3) is 23.0. The number of hydrogen-bond donors (Lipinski definition) is 3. The normalized spacial score (nSPS) is 23.6. The molecule has 27 heteroatoms. The van der Waals surface area contributed by atoms with Gasteiger partial charge in [-0.15, -0.1) is 24.8 Å². The number of benzene rings is 3. The van der Waals surface area contributed by atoms with Crippen LogP contribution in [0.4, 0.5) is 0 Å². The molecule has 9 fully saturated rings. The van der Waals surface area contributed by atoms with E-state index in [4.69, 9.17) is 15.6 Å². The molecule has 9 heterocycles. The number of rotatable bonds is 16. The molecule has 6 bridgehead atoms. The molecule has 3 aromatic carbocycles. The van der Waals surface area contributed by atoms with Crippen LogP contribution < -0.4 is 22.4 Å². The fraction of sp³-hybridized carbons (Fsp3) is 0.663. The number of nitrogens with two attached hydrogens (primary N) is 1. The Balaban J connectivity index is 0.000000290. The Bertz CT molecular complexity index is 4320. The summed E-state index contributed by atoms with van der Waals surface area (Å²) in [6.45, 7) is 3.40. The molecule has 3 aromatic heterocycles. The van der Waals surface area contributed by atoms with Crippen molar-refractivity contribution in [3.8, 4) is 0 Å². The molecule has 646 valence electrons. The molecule has 25 nitrogen and oxygen atoms in total. The molecule has 15 rings (SSSR count). The zero-order valence-corrected chi connectivity index (χ0v) is 67.1. The van der Waals surface area contributed by atoms with Crippen LogP contribution in [0.2, 0.25) is 0 Å². The van der Waals surface area contributed by atoms with Gasteiger partial charge in [-0.25, -0.2) is 19.7 Å². The SMILES string of the molecule is C.C.C.C.C.CCOC(=O)CN.CCOC(=O)CN(C)C(=O)c1nc2ccccc2n(C2C[C@H]3CC[C@@H](C2)N3C2CCCCCCC2)c1=O.CN(CC(=O)O)C(=O)c1nc2ccccc2n(C2C[C@H]3CC[C@@H](C2)N3C2CCCCCCC2)c1=O.Cl.Cl.O=C(O)c1nc2ccccc2n(C2C[C@H]3CC[C@@H](C2)N3C2CCCCCCC2)c1=O. The van der Waals surface area contributed by atoms with E-state index in [9.17, 15) is 48.3 Å². The van der Waals surface area contributed by atoms with Gasteiger partial charge in [0.15, 0.2) is 11.4 Å². The van der Waals surface area contributed by atoms with Gasteiger partial charge in [0.25, 0.3) is 28.5 Å². The van der Waals surface area contributed by atoms with Crippen LogP contribution in [0.3, 0.4) is 0 Å². The first-order chi connectivity index (χ1) is 52.8. The van der Waals surface area contributed by atoms with Crippen molar-refractivity contribution < 1.29 is 48.5 Å². The van der Waals surface area contributed by atoms with Gasteiger partial charge in [0, 0.05) is 86.6 Å². The summed E-state index contributed by atoms with van der Waals surface area (Å²) in [6.07, 6.45) is 40.5. The van der Waals surface area contributed by atoms with E-state index in [1.54, 1.807) is 29.0 Å². The van der Waals surface area contributed by atoms with Gasteiger partial charge in [0.05, 0.1) is 52.9 Å². The third-order valence-electron chi connectivity index (χ3n) is 25.1. The van der Waals surface area contributed by atoms with E-state index < -0.39 is 47.4 Å². The number of halogens is 2. The zero-order valence-electron chi connectivity index (χ0n) is 65.4. The minimum atomic E-state index is -1.24. The summed E-state index contributed by atoms with van der Waals surface area (Å²) in [6, 6.07) is 27.5. The number of para-hydroxylation sites is 6. The fourth-order valence-electron chi connectivity index (χ4n) is 20.5. The van der Waals surface area contributed by atoms with Gasteiger partial charge in [-0.3, -0.25) is 53.1 Å². The van der Waals surface area contributed by atoms with Gasteiger partial charge >= 0.3 is 23.9 Å². The Kier molecular flexibility index (Phi) is 39.7. The predicted molar refractivity (Wildman–Crippen MR) is 466 cm³/mol. The van der Waals surface area contributed by atoms with Gasteiger partial charge < -0.3 is 48.9 Å². The van der Waals surface area contributed by atoms with Crippen LogP contribution in [0.5, 0.6) is 0 Å². The summed E-state index contributed by atoms with van der Waals surface area (Å²) in [5.74, 6) is -4.41. The Morgan fingerprint density at radius 1 is 0.379 bits per heavy atom. The average Bonchev–Trinajstić information content (AvgIpc) is 1.29. The van der Waals surface area contributed by atoms with E-state index in [2.05, 4.69) is 34.4 Å². The number of piperidine rings is 3. The lowest BCUT2D eigenvalue weighted by Gasteiger charge is -2.45. The summed E-state index contributed by atoms with van der Waals surface area (Å²) in [4.78, 5) is 136. The molecule has 3 unspecified atom stereocenters. The molecule has 3 aliphatic carbocycles. The Labute approximate surface area is 700 Å². The number of carboxylic acid groups (broad SMARTS) is 2.